The third-order valence-corrected chi connectivity index (χ3v) is 3.55. The van der Waals surface area contributed by atoms with Gasteiger partial charge in [0, 0.05) is 17.5 Å². The number of benzene rings is 1. The van der Waals surface area contributed by atoms with E-state index in [1.165, 1.54) is 0 Å². The molecular formula is C17H22N2O. The number of nitrogens with one attached hydrogen (secondary N) is 1. The van der Waals surface area contributed by atoms with E-state index >= 15 is 0 Å². The van der Waals surface area contributed by atoms with E-state index in [-0.39, 0.29) is 11.8 Å². The number of fused-ring (bicyclic) bond motifs is 1. The summed E-state index contributed by atoms with van der Waals surface area (Å²) >= 11 is 0. The van der Waals surface area contributed by atoms with E-state index in [9.17, 15) is 4.79 Å². The van der Waals surface area contributed by atoms with E-state index in [1.807, 2.05) is 30.3 Å². The van der Waals surface area contributed by atoms with Gasteiger partial charge in [-0.05, 0) is 37.1 Å². The van der Waals surface area contributed by atoms with Crippen LogP contribution in [0, 0.1) is 5.92 Å². The maximum atomic E-state index is 12.4. The molecule has 0 fully saturated rings. The first-order valence-corrected chi connectivity index (χ1v) is 7.40. The molecule has 3 heteroatoms. The van der Waals surface area contributed by atoms with Crippen LogP contribution in [0.3, 0.4) is 0 Å². The van der Waals surface area contributed by atoms with Crippen molar-refractivity contribution in [3.05, 3.63) is 36.5 Å². The standard InChI is InChI=1S/C17H22N2O/c1-3-7-13(8-4-2)17(20)19-16-11-5-10-15-14(16)9-6-12-18-15/h5-6,9-13H,3-4,7-8H2,1-2H3,(H,19,20). The molecule has 0 spiro atoms. The Hall–Kier alpha value is -1.90. The molecule has 1 amide bonds. The summed E-state index contributed by atoms with van der Waals surface area (Å²) in [7, 11) is 0. The van der Waals surface area contributed by atoms with Gasteiger partial charge >= 0.3 is 0 Å². The van der Waals surface area contributed by atoms with E-state index in [4.69, 9.17) is 0 Å². The van der Waals surface area contributed by atoms with Crippen molar-refractivity contribution in [3.63, 3.8) is 0 Å². The van der Waals surface area contributed by atoms with Crippen molar-refractivity contribution < 1.29 is 4.79 Å². The molecule has 0 unspecified atom stereocenters. The van der Waals surface area contributed by atoms with E-state index < -0.39 is 0 Å². The number of hydrogen-bond acceptors (Lipinski definition) is 2. The topological polar surface area (TPSA) is 42.0 Å². The predicted octanol–water partition coefficient (Wildman–Crippen LogP) is 4.39. The second-order valence-electron chi connectivity index (χ2n) is 5.14. The van der Waals surface area contributed by atoms with Crippen molar-refractivity contribution in [1.29, 1.82) is 0 Å². The van der Waals surface area contributed by atoms with Gasteiger partial charge in [0.2, 0.25) is 5.91 Å². The maximum absolute atomic E-state index is 12.4. The second kappa shape index (κ2) is 7.04. The Morgan fingerprint density at radius 1 is 1.15 bits per heavy atom. The van der Waals surface area contributed by atoms with Crippen molar-refractivity contribution in [3.8, 4) is 0 Å². The zero-order valence-electron chi connectivity index (χ0n) is 12.2. The largest absolute Gasteiger partial charge is 0.325 e. The summed E-state index contributed by atoms with van der Waals surface area (Å²) in [6.45, 7) is 4.25. The van der Waals surface area contributed by atoms with Crippen molar-refractivity contribution in [2.24, 2.45) is 5.92 Å². The highest BCUT2D eigenvalue weighted by atomic mass is 16.1. The van der Waals surface area contributed by atoms with Crippen LogP contribution in [0.15, 0.2) is 36.5 Å². The van der Waals surface area contributed by atoms with Crippen LogP contribution in [0.4, 0.5) is 5.69 Å². The molecule has 2 rings (SSSR count). The van der Waals surface area contributed by atoms with E-state index in [0.717, 1.165) is 42.3 Å². The van der Waals surface area contributed by atoms with Gasteiger partial charge in [-0.1, -0.05) is 32.8 Å². The summed E-state index contributed by atoms with van der Waals surface area (Å²) in [6.07, 6.45) is 5.74. The van der Waals surface area contributed by atoms with Crippen molar-refractivity contribution in [2.45, 2.75) is 39.5 Å². The summed E-state index contributed by atoms with van der Waals surface area (Å²) in [5, 5.41) is 4.07. The summed E-state index contributed by atoms with van der Waals surface area (Å²) < 4.78 is 0. The van der Waals surface area contributed by atoms with Crippen LogP contribution in [0.25, 0.3) is 10.9 Å². The van der Waals surface area contributed by atoms with Crippen LogP contribution >= 0.6 is 0 Å². The highest BCUT2D eigenvalue weighted by Crippen LogP contribution is 2.23. The average molecular weight is 270 g/mol. The second-order valence-corrected chi connectivity index (χ2v) is 5.14. The number of pyridine rings is 1. The third-order valence-electron chi connectivity index (χ3n) is 3.55. The highest BCUT2D eigenvalue weighted by molar-refractivity contribution is 6.01. The zero-order chi connectivity index (χ0) is 14.4. The van der Waals surface area contributed by atoms with Crippen LogP contribution in [0.2, 0.25) is 0 Å². The summed E-state index contributed by atoms with van der Waals surface area (Å²) in [5.41, 5.74) is 1.77. The molecule has 1 heterocycles. The Morgan fingerprint density at radius 2 is 1.90 bits per heavy atom. The number of amides is 1. The lowest BCUT2D eigenvalue weighted by atomic mass is 9.97. The molecule has 3 nitrogen and oxygen atoms in total. The quantitative estimate of drug-likeness (QED) is 0.845. The molecule has 106 valence electrons. The molecular weight excluding hydrogens is 248 g/mol. The van der Waals surface area contributed by atoms with Crippen LogP contribution < -0.4 is 5.32 Å². The Labute approximate surface area is 120 Å². The van der Waals surface area contributed by atoms with Crippen LogP contribution in [-0.4, -0.2) is 10.9 Å². The average Bonchev–Trinajstić information content (AvgIpc) is 2.47. The lowest BCUT2D eigenvalue weighted by molar-refractivity contribution is -0.120. The molecule has 1 aromatic carbocycles. The maximum Gasteiger partial charge on any atom is 0.227 e. The van der Waals surface area contributed by atoms with Gasteiger partial charge < -0.3 is 5.32 Å². The first-order chi connectivity index (χ1) is 9.76. The molecule has 20 heavy (non-hydrogen) atoms. The Kier molecular flexibility index (Phi) is 5.10. The fourth-order valence-corrected chi connectivity index (χ4v) is 2.55. The first-order valence-electron chi connectivity index (χ1n) is 7.40. The van der Waals surface area contributed by atoms with Gasteiger partial charge in [0.05, 0.1) is 11.2 Å². The molecule has 1 aromatic heterocycles. The zero-order valence-corrected chi connectivity index (χ0v) is 12.2. The Bertz CT molecular complexity index is 569. The Balaban J connectivity index is 2.20. The summed E-state index contributed by atoms with van der Waals surface area (Å²) in [4.78, 5) is 16.7. The summed E-state index contributed by atoms with van der Waals surface area (Å²) in [5.74, 6) is 0.238. The van der Waals surface area contributed by atoms with Crippen LogP contribution in [0.5, 0.6) is 0 Å². The van der Waals surface area contributed by atoms with E-state index in [1.54, 1.807) is 6.20 Å². The molecule has 0 aliphatic rings. The van der Waals surface area contributed by atoms with Crippen molar-refractivity contribution in [2.75, 3.05) is 5.32 Å². The number of aromatic nitrogens is 1. The number of carbonyl (C=O) groups excluding carboxylic acids is 1. The molecule has 0 bridgehead atoms. The SMILES string of the molecule is CCCC(CCC)C(=O)Nc1cccc2ncccc12. The fourth-order valence-electron chi connectivity index (χ4n) is 2.55. The fraction of sp³-hybridized carbons (Fsp3) is 0.412. The molecule has 0 atom stereocenters. The lowest BCUT2D eigenvalue weighted by Gasteiger charge is -2.16. The molecule has 0 saturated carbocycles. The minimum atomic E-state index is 0.108. The van der Waals surface area contributed by atoms with Gasteiger partial charge in [-0.3, -0.25) is 9.78 Å². The predicted molar refractivity (Wildman–Crippen MR) is 83.7 cm³/mol. The minimum absolute atomic E-state index is 0.108. The first kappa shape index (κ1) is 14.5. The summed E-state index contributed by atoms with van der Waals surface area (Å²) in [6, 6.07) is 9.72. The van der Waals surface area contributed by atoms with Gasteiger partial charge in [-0.15, -0.1) is 0 Å². The third kappa shape index (κ3) is 3.35. The van der Waals surface area contributed by atoms with Gasteiger partial charge in [-0.25, -0.2) is 0 Å². The molecule has 1 N–H and O–H groups in total. The Morgan fingerprint density at radius 3 is 2.60 bits per heavy atom. The molecule has 0 aliphatic heterocycles. The number of rotatable bonds is 6. The molecule has 0 aliphatic carbocycles. The molecule has 2 aromatic rings. The van der Waals surface area contributed by atoms with Crippen LogP contribution in [0.1, 0.15) is 39.5 Å². The van der Waals surface area contributed by atoms with Crippen LogP contribution in [-0.2, 0) is 4.79 Å². The van der Waals surface area contributed by atoms with E-state index in [2.05, 4.69) is 24.1 Å². The van der Waals surface area contributed by atoms with Gasteiger partial charge in [0.25, 0.3) is 0 Å². The number of hydrogen-bond donors (Lipinski definition) is 1. The molecule has 0 radical (unpaired) electrons. The lowest BCUT2D eigenvalue weighted by Crippen LogP contribution is -2.22. The monoisotopic (exact) mass is 270 g/mol. The number of anilines is 1. The van der Waals surface area contributed by atoms with Crippen molar-refractivity contribution >= 4 is 22.5 Å². The van der Waals surface area contributed by atoms with Gasteiger partial charge in [0.1, 0.15) is 0 Å². The van der Waals surface area contributed by atoms with Gasteiger partial charge in [0.15, 0.2) is 0 Å². The highest BCUT2D eigenvalue weighted by Gasteiger charge is 2.17. The minimum Gasteiger partial charge on any atom is -0.325 e. The normalized spacial score (nSPS) is 10.9. The smallest absolute Gasteiger partial charge is 0.227 e. The number of nitrogens with zero attached hydrogens (tertiary/aromatic N) is 1. The van der Waals surface area contributed by atoms with Crippen molar-refractivity contribution in [1.82, 2.24) is 4.98 Å². The molecule has 0 saturated heterocycles. The number of carbonyl (C=O) groups is 1. The van der Waals surface area contributed by atoms with Gasteiger partial charge in [-0.2, -0.15) is 0 Å². The van der Waals surface area contributed by atoms with E-state index in [0.29, 0.717) is 0 Å².